The normalized spacial score (nSPS) is 9.60. The van der Waals surface area contributed by atoms with Crippen molar-refractivity contribution >= 4 is 0 Å². The summed E-state index contributed by atoms with van der Waals surface area (Å²) < 4.78 is 13.4. The third-order valence-electron chi connectivity index (χ3n) is 2.14. The second-order valence-electron chi connectivity index (χ2n) is 3.10. The number of nitriles is 1. The van der Waals surface area contributed by atoms with Gasteiger partial charge in [0.05, 0.1) is 11.6 Å². The Hall–Kier alpha value is -2.14. The predicted molar refractivity (Wildman–Crippen MR) is 55.4 cm³/mol. The number of nitrogens with zero attached hydrogens (tertiary/aromatic N) is 1. The lowest BCUT2D eigenvalue weighted by atomic mass is 10.0. The van der Waals surface area contributed by atoms with Gasteiger partial charge in [0.1, 0.15) is 5.82 Å². The molecular formula is C13H7FN. The molecule has 0 aliphatic carbocycles. The van der Waals surface area contributed by atoms with Gasteiger partial charge < -0.3 is 0 Å². The van der Waals surface area contributed by atoms with Gasteiger partial charge in [-0.15, -0.1) is 0 Å². The van der Waals surface area contributed by atoms with E-state index in [-0.39, 0.29) is 5.82 Å². The zero-order valence-corrected chi connectivity index (χ0v) is 7.87. The third-order valence-corrected chi connectivity index (χ3v) is 2.14. The second kappa shape index (κ2) is 3.93. The monoisotopic (exact) mass is 196 g/mol. The lowest BCUT2D eigenvalue weighted by Crippen LogP contribution is -1.83. The second-order valence-corrected chi connectivity index (χ2v) is 3.10. The topological polar surface area (TPSA) is 23.8 Å². The number of rotatable bonds is 1. The minimum atomic E-state index is -0.304. The molecule has 0 aromatic heterocycles. The molecule has 2 heteroatoms. The fraction of sp³-hybridized carbons (Fsp3) is 0. The Labute approximate surface area is 87.4 Å². The van der Waals surface area contributed by atoms with Gasteiger partial charge in [-0.3, -0.25) is 0 Å². The molecular weight excluding hydrogens is 189 g/mol. The molecule has 0 saturated carbocycles. The van der Waals surface area contributed by atoms with Gasteiger partial charge in [-0.05, 0) is 29.8 Å². The summed E-state index contributed by atoms with van der Waals surface area (Å²) in [6, 6.07) is 16.1. The number of halogens is 1. The highest BCUT2D eigenvalue weighted by Gasteiger charge is 2.03. The molecule has 15 heavy (non-hydrogen) atoms. The van der Waals surface area contributed by atoms with Crippen molar-refractivity contribution in [2.45, 2.75) is 0 Å². The van der Waals surface area contributed by atoms with Gasteiger partial charge in [0.2, 0.25) is 0 Å². The molecule has 0 atom stereocenters. The first-order valence-electron chi connectivity index (χ1n) is 4.47. The Morgan fingerprint density at radius 1 is 1.13 bits per heavy atom. The largest absolute Gasteiger partial charge is 0.206 e. The summed E-state index contributed by atoms with van der Waals surface area (Å²) in [6.45, 7) is 0. The van der Waals surface area contributed by atoms with Crippen LogP contribution in [0.25, 0.3) is 11.1 Å². The van der Waals surface area contributed by atoms with E-state index in [9.17, 15) is 4.39 Å². The van der Waals surface area contributed by atoms with Gasteiger partial charge in [-0.2, -0.15) is 5.26 Å². The maximum Gasteiger partial charge on any atom is 0.131 e. The Balaban J connectivity index is 2.47. The highest BCUT2D eigenvalue weighted by Crippen LogP contribution is 2.22. The standard InChI is InChI=1S/C13H7FN/c14-13-4-2-1-3-12(13)11-7-5-10(9-15)6-8-11/h1,3-8H. The SMILES string of the molecule is N#Cc1ccc(-c2cc[c]cc2F)cc1. The van der Waals surface area contributed by atoms with Gasteiger partial charge in [-0.25, -0.2) is 4.39 Å². The predicted octanol–water partition coefficient (Wildman–Crippen LogP) is 3.16. The van der Waals surface area contributed by atoms with Crippen molar-refractivity contribution in [1.82, 2.24) is 0 Å². The first-order valence-corrected chi connectivity index (χ1v) is 4.47. The van der Waals surface area contributed by atoms with Crippen molar-refractivity contribution in [2.75, 3.05) is 0 Å². The molecule has 2 aromatic rings. The van der Waals surface area contributed by atoms with Crippen molar-refractivity contribution in [3.8, 4) is 17.2 Å². The third kappa shape index (κ3) is 1.87. The van der Waals surface area contributed by atoms with Crippen LogP contribution in [0.5, 0.6) is 0 Å². The van der Waals surface area contributed by atoms with Crippen LogP contribution in [0.1, 0.15) is 5.56 Å². The molecule has 2 aromatic carbocycles. The molecule has 0 N–H and O–H groups in total. The van der Waals surface area contributed by atoms with E-state index in [1.54, 1.807) is 36.4 Å². The van der Waals surface area contributed by atoms with Crippen LogP contribution in [0.4, 0.5) is 4.39 Å². The summed E-state index contributed by atoms with van der Waals surface area (Å²) in [5.74, 6) is -0.304. The highest BCUT2D eigenvalue weighted by molar-refractivity contribution is 5.64. The summed E-state index contributed by atoms with van der Waals surface area (Å²) >= 11 is 0. The van der Waals surface area contributed by atoms with Crippen LogP contribution in [0.2, 0.25) is 0 Å². The minimum absolute atomic E-state index is 0.304. The van der Waals surface area contributed by atoms with Crippen molar-refractivity contribution in [3.05, 3.63) is 59.9 Å². The molecule has 0 saturated heterocycles. The van der Waals surface area contributed by atoms with Crippen molar-refractivity contribution in [3.63, 3.8) is 0 Å². The lowest BCUT2D eigenvalue weighted by Gasteiger charge is -2.02. The summed E-state index contributed by atoms with van der Waals surface area (Å²) in [6.07, 6.45) is 0. The zero-order valence-electron chi connectivity index (χ0n) is 7.87. The van der Waals surface area contributed by atoms with Crippen LogP contribution in [-0.4, -0.2) is 0 Å². The Bertz CT molecular complexity index is 509. The van der Waals surface area contributed by atoms with E-state index in [0.717, 1.165) is 5.56 Å². The van der Waals surface area contributed by atoms with Crippen molar-refractivity contribution < 1.29 is 4.39 Å². The van der Waals surface area contributed by atoms with E-state index < -0.39 is 0 Å². The van der Waals surface area contributed by atoms with E-state index in [1.807, 2.05) is 6.07 Å². The van der Waals surface area contributed by atoms with Crippen LogP contribution < -0.4 is 0 Å². The summed E-state index contributed by atoms with van der Waals surface area (Å²) in [5.41, 5.74) is 1.86. The average molecular weight is 196 g/mol. The molecule has 0 unspecified atom stereocenters. The number of hydrogen-bond acceptors (Lipinski definition) is 1. The quantitative estimate of drug-likeness (QED) is 0.687. The van der Waals surface area contributed by atoms with Gasteiger partial charge in [-0.1, -0.05) is 24.3 Å². The Morgan fingerprint density at radius 3 is 2.47 bits per heavy atom. The zero-order chi connectivity index (χ0) is 10.7. The fourth-order valence-electron chi connectivity index (χ4n) is 1.37. The average Bonchev–Trinajstić information content (AvgIpc) is 2.30. The molecule has 0 bridgehead atoms. The molecule has 0 aliphatic rings. The van der Waals surface area contributed by atoms with Gasteiger partial charge in [0, 0.05) is 5.56 Å². The first-order chi connectivity index (χ1) is 7.31. The van der Waals surface area contributed by atoms with Crippen LogP contribution >= 0.6 is 0 Å². The van der Waals surface area contributed by atoms with E-state index in [0.29, 0.717) is 11.1 Å². The summed E-state index contributed by atoms with van der Waals surface area (Å²) in [5, 5.41) is 8.62. The molecule has 0 aliphatic heterocycles. The Kier molecular flexibility index (Phi) is 2.47. The molecule has 1 radical (unpaired) electrons. The van der Waals surface area contributed by atoms with Gasteiger partial charge in [0.25, 0.3) is 0 Å². The smallest absolute Gasteiger partial charge is 0.131 e. The molecule has 0 heterocycles. The Morgan fingerprint density at radius 2 is 1.87 bits per heavy atom. The molecule has 71 valence electrons. The molecule has 0 spiro atoms. The summed E-state index contributed by atoms with van der Waals surface area (Å²) in [4.78, 5) is 0. The van der Waals surface area contributed by atoms with E-state index in [2.05, 4.69) is 6.07 Å². The minimum Gasteiger partial charge on any atom is -0.206 e. The van der Waals surface area contributed by atoms with Crippen LogP contribution in [-0.2, 0) is 0 Å². The first kappa shape index (κ1) is 9.42. The van der Waals surface area contributed by atoms with Gasteiger partial charge in [0.15, 0.2) is 0 Å². The lowest BCUT2D eigenvalue weighted by molar-refractivity contribution is 0.631. The van der Waals surface area contributed by atoms with Crippen LogP contribution in [0, 0.1) is 23.2 Å². The number of benzene rings is 2. The summed E-state index contributed by atoms with van der Waals surface area (Å²) in [7, 11) is 0. The maximum absolute atomic E-state index is 13.4. The van der Waals surface area contributed by atoms with Gasteiger partial charge >= 0.3 is 0 Å². The molecule has 0 amide bonds. The maximum atomic E-state index is 13.4. The highest BCUT2D eigenvalue weighted by atomic mass is 19.1. The van der Waals surface area contributed by atoms with E-state index in [4.69, 9.17) is 5.26 Å². The van der Waals surface area contributed by atoms with Crippen LogP contribution in [0.15, 0.2) is 42.5 Å². The molecule has 1 nitrogen and oxygen atoms in total. The molecule has 2 rings (SSSR count). The van der Waals surface area contributed by atoms with E-state index in [1.165, 1.54) is 6.07 Å². The van der Waals surface area contributed by atoms with Crippen LogP contribution in [0.3, 0.4) is 0 Å². The van der Waals surface area contributed by atoms with Crippen molar-refractivity contribution in [2.24, 2.45) is 0 Å². The van der Waals surface area contributed by atoms with E-state index >= 15 is 0 Å². The fourth-order valence-corrected chi connectivity index (χ4v) is 1.37. The number of hydrogen-bond donors (Lipinski definition) is 0. The molecule has 0 fully saturated rings. The van der Waals surface area contributed by atoms with Crippen molar-refractivity contribution in [1.29, 1.82) is 5.26 Å².